The zero-order chi connectivity index (χ0) is 15.1. The average Bonchev–Trinajstić information content (AvgIpc) is 2.52. The van der Waals surface area contributed by atoms with Crippen LogP contribution in [0, 0.1) is 0 Å². The molecule has 1 aromatic carbocycles. The predicted molar refractivity (Wildman–Crippen MR) is 81.0 cm³/mol. The van der Waals surface area contributed by atoms with Crippen molar-refractivity contribution >= 4 is 5.91 Å². The molecule has 0 radical (unpaired) electrons. The molecule has 0 aromatic heterocycles. The van der Waals surface area contributed by atoms with Crippen molar-refractivity contribution in [3.8, 4) is 5.75 Å². The van der Waals surface area contributed by atoms with Crippen molar-refractivity contribution in [2.45, 2.75) is 24.9 Å². The molecule has 0 unspecified atom stereocenters. The molecule has 1 fully saturated rings. The Hall–Kier alpha value is -1.85. The predicted octanol–water partition coefficient (Wildman–Crippen LogP) is 1.38. The van der Waals surface area contributed by atoms with Crippen molar-refractivity contribution in [2.24, 2.45) is 5.73 Å². The number of carbonyl (C=O) groups excluding carboxylic acids is 1. The normalized spacial score (nSPS) is 17.0. The third kappa shape index (κ3) is 4.06. The van der Waals surface area contributed by atoms with Crippen LogP contribution in [0.2, 0.25) is 0 Å². The molecule has 1 heterocycles. The third-order valence-electron chi connectivity index (χ3n) is 3.61. The lowest BCUT2D eigenvalue weighted by molar-refractivity contribution is -0.129. The van der Waals surface area contributed by atoms with Gasteiger partial charge in [0, 0.05) is 25.3 Å². The summed E-state index contributed by atoms with van der Waals surface area (Å²) in [5.41, 5.74) is 6.24. The molecule has 5 heteroatoms. The molecule has 5 nitrogen and oxygen atoms in total. The molecule has 0 aliphatic carbocycles. The van der Waals surface area contributed by atoms with Gasteiger partial charge in [0.1, 0.15) is 12.4 Å². The van der Waals surface area contributed by atoms with Crippen LogP contribution in [0.3, 0.4) is 0 Å². The van der Waals surface area contributed by atoms with E-state index in [2.05, 4.69) is 11.9 Å². The van der Waals surface area contributed by atoms with Crippen LogP contribution in [-0.4, -0.2) is 31.3 Å². The number of hydrogen-bond donors (Lipinski definition) is 2. The first-order valence-corrected chi connectivity index (χ1v) is 7.12. The lowest BCUT2D eigenvalue weighted by Gasteiger charge is -2.31. The van der Waals surface area contributed by atoms with Gasteiger partial charge in [0.15, 0.2) is 0 Å². The lowest BCUT2D eigenvalue weighted by Crippen LogP contribution is -2.56. The van der Waals surface area contributed by atoms with Crippen LogP contribution in [0.5, 0.6) is 5.75 Å². The Morgan fingerprint density at radius 2 is 2.14 bits per heavy atom. The first kappa shape index (κ1) is 15.5. The molecule has 0 saturated carbocycles. The second kappa shape index (κ2) is 7.24. The molecule has 21 heavy (non-hydrogen) atoms. The second-order valence-electron chi connectivity index (χ2n) is 5.16. The summed E-state index contributed by atoms with van der Waals surface area (Å²) in [6.45, 7) is 5.52. The number of amides is 1. The summed E-state index contributed by atoms with van der Waals surface area (Å²) in [6.07, 6.45) is 2.78. The van der Waals surface area contributed by atoms with Gasteiger partial charge in [-0.1, -0.05) is 30.9 Å². The fourth-order valence-electron chi connectivity index (χ4n) is 2.25. The Labute approximate surface area is 125 Å². The van der Waals surface area contributed by atoms with Crippen molar-refractivity contribution in [3.63, 3.8) is 0 Å². The maximum atomic E-state index is 12.3. The highest BCUT2D eigenvalue weighted by molar-refractivity contribution is 5.86. The van der Waals surface area contributed by atoms with Crippen LogP contribution in [0.4, 0.5) is 0 Å². The fourth-order valence-corrected chi connectivity index (χ4v) is 2.25. The van der Waals surface area contributed by atoms with E-state index in [0.29, 0.717) is 39.2 Å². The van der Waals surface area contributed by atoms with Crippen LogP contribution in [0.1, 0.15) is 18.4 Å². The molecule has 3 N–H and O–H groups in total. The molecule has 0 atom stereocenters. The number of rotatable bonds is 6. The van der Waals surface area contributed by atoms with E-state index in [1.54, 1.807) is 6.08 Å². The van der Waals surface area contributed by atoms with E-state index in [0.717, 1.165) is 11.3 Å². The highest BCUT2D eigenvalue weighted by atomic mass is 16.5. The molecular weight excluding hydrogens is 268 g/mol. The molecule has 1 aliphatic heterocycles. The Bertz CT molecular complexity index is 496. The van der Waals surface area contributed by atoms with Gasteiger partial charge in [-0.05, 0) is 18.9 Å². The monoisotopic (exact) mass is 290 g/mol. The number of carbonyl (C=O) groups is 1. The number of ether oxygens (including phenoxy) is 2. The summed E-state index contributed by atoms with van der Waals surface area (Å²) in [4.78, 5) is 12.3. The Kier molecular flexibility index (Phi) is 5.36. The van der Waals surface area contributed by atoms with E-state index >= 15 is 0 Å². The van der Waals surface area contributed by atoms with Crippen molar-refractivity contribution in [3.05, 3.63) is 42.5 Å². The van der Waals surface area contributed by atoms with E-state index < -0.39 is 5.54 Å². The van der Waals surface area contributed by atoms with Gasteiger partial charge in [0.2, 0.25) is 5.91 Å². The summed E-state index contributed by atoms with van der Waals surface area (Å²) in [7, 11) is 0. The zero-order valence-corrected chi connectivity index (χ0v) is 12.1. The Balaban J connectivity index is 1.96. The molecule has 2 rings (SSSR count). The van der Waals surface area contributed by atoms with E-state index in [1.165, 1.54) is 0 Å². The topological polar surface area (TPSA) is 73.6 Å². The van der Waals surface area contributed by atoms with Gasteiger partial charge in [-0.2, -0.15) is 0 Å². The van der Waals surface area contributed by atoms with Crippen molar-refractivity contribution in [1.29, 1.82) is 0 Å². The van der Waals surface area contributed by atoms with Gasteiger partial charge in [0.25, 0.3) is 0 Å². The average molecular weight is 290 g/mol. The maximum Gasteiger partial charge on any atom is 0.240 e. The maximum absolute atomic E-state index is 12.3. The van der Waals surface area contributed by atoms with Crippen LogP contribution in [-0.2, 0) is 16.1 Å². The van der Waals surface area contributed by atoms with Gasteiger partial charge >= 0.3 is 0 Å². The molecule has 1 saturated heterocycles. The van der Waals surface area contributed by atoms with Gasteiger partial charge in [-0.3, -0.25) is 4.79 Å². The quantitative estimate of drug-likeness (QED) is 0.776. The van der Waals surface area contributed by atoms with Crippen molar-refractivity contribution < 1.29 is 14.3 Å². The summed E-state index contributed by atoms with van der Waals surface area (Å²) < 4.78 is 10.8. The number of para-hydroxylation sites is 1. The molecule has 1 aliphatic rings. The zero-order valence-electron chi connectivity index (χ0n) is 12.1. The van der Waals surface area contributed by atoms with Gasteiger partial charge in [-0.15, -0.1) is 0 Å². The minimum Gasteiger partial charge on any atom is -0.489 e. The minimum absolute atomic E-state index is 0.135. The number of benzene rings is 1. The SMILES string of the molecule is C=CCOc1ccccc1CNC(=O)C1(N)CCOCC1. The molecule has 0 spiro atoms. The first-order chi connectivity index (χ1) is 10.2. The molecule has 0 bridgehead atoms. The standard InChI is InChI=1S/C16H22N2O3/c1-2-9-21-14-6-4-3-5-13(14)12-18-15(19)16(17)7-10-20-11-8-16/h2-6H,1,7-12,17H2,(H,18,19). The molecular formula is C16H22N2O3. The first-order valence-electron chi connectivity index (χ1n) is 7.12. The van der Waals surface area contributed by atoms with Crippen molar-refractivity contribution in [2.75, 3.05) is 19.8 Å². The minimum atomic E-state index is -0.824. The van der Waals surface area contributed by atoms with Gasteiger partial charge in [-0.25, -0.2) is 0 Å². The van der Waals surface area contributed by atoms with E-state index in [9.17, 15) is 4.79 Å². The largest absolute Gasteiger partial charge is 0.489 e. The fraction of sp³-hybridized carbons (Fsp3) is 0.438. The van der Waals surface area contributed by atoms with Crippen LogP contribution in [0.15, 0.2) is 36.9 Å². The van der Waals surface area contributed by atoms with Crippen LogP contribution >= 0.6 is 0 Å². The lowest BCUT2D eigenvalue weighted by atomic mass is 9.90. The second-order valence-corrected chi connectivity index (χ2v) is 5.16. The van der Waals surface area contributed by atoms with E-state index in [-0.39, 0.29) is 5.91 Å². The summed E-state index contributed by atoms with van der Waals surface area (Å²) >= 11 is 0. The summed E-state index contributed by atoms with van der Waals surface area (Å²) in [6, 6.07) is 7.60. The van der Waals surface area contributed by atoms with Crippen LogP contribution in [0.25, 0.3) is 0 Å². The number of nitrogens with one attached hydrogen (secondary N) is 1. The summed E-state index contributed by atoms with van der Waals surface area (Å²) in [5.74, 6) is 0.611. The molecule has 114 valence electrons. The Morgan fingerprint density at radius 1 is 1.43 bits per heavy atom. The van der Waals surface area contributed by atoms with Crippen LogP contribution < -0.4 is 15.8 Å². The van der Waals surface area contributed by atoms with E-state index in [4.69, 9.17) is 15.2 Å². The van der Waals surface area contributed by atoms with Crippen molar-refractivity contribution in [1.82, 2.24) is 5.32 Å². The third-order valence-corrected chi connectivity index (χ3v) is 3.61. The highest BCUT2D eigenvalue weighted by Crippen LogP contribution is 2.20. The summed E-state index contributed by atoms with van der Waals surface area (Å²) in [5, 5.41) is 2.90. The Morgan fingerprint density at radius 3 is 2.86 bits per heavy atom. The van der Waals surface area contributed by atoms with Gasteiger partial charge in [0.05, 0.1) is 5.54 Å². The smallest absolute Gasteiger partial charge is 0.240 e. The number of hydrogen-bond acceptors (Lipinski definition) is 4. The highest BCUT2D eigenvalue weighted by Gasteiger charge is 2.35. The molecule has 1 amide bonds. The number of nitrogens with two attached hydrogens (primary N) is 1. The molecule has 1 aromatic rings. The van der Waals surface area contributed by atoms with E-state index in [1.807, 2.05) is 24.3 Å². The van der Waals surface area contributed by atoms with Gasteiger partial charge < -0.3 is 20.5 Å².